The Morgan fingerprint density at radius 2 is 1.76 bits per heavy atom. The average Bonchev–Trinajstić information content (AvgIpc) is 2.76. The van der Waals surface area contributed by atoms with Crippen LogP contribution in [-0.4, -0.2) is 37.0 Å². The number of fused-ring (bicyclic) bond motifs is 1. The zero-order valence-corrected chi connectivity index (χ0v) is 17.4. The molecule has 0 spiro atoms. The van der Waals surface area contributed by atoms with Gasteiger partial charge in [-0.3, -0.25) is 9.59 Å². The van der Waals surface area contributed by atoms with Gasteiger partial charge in [0.2, 0.25) is 0 Å². The van der Waals surface area contributed by atoms with Crippen LogP contribution < -0.4 is 10.7 Å². The van der Waals surface area contributed by atoms with Gasteiger partial charge in [0.1, 0.15) is 5.76 Å². The van der Waals surface area contributed by atoms with Crippen LogP contribution in [0.15, 0.2) is 57.7 Å². The first-order valence-electron chi connectivity index (χ1n) is 9.68. The fraction of sp³-hybridized carbons (Fsp3) is 0.304. The Bertz CT molecular complexity index is 1070. The van der Waals surface area contributed by atoms with Crippen LogP contribution in [0, 0.1) is 6.92 Å². The molecule has 1 N–H and O–H groups in total. The van der Waals surface area contributed by atoms with E-state index in [0.717, 1.165) is 18.4 Å². The molecule has 1 fully saturated rings. The Labute approximate surface area is 176 Å². The van der Waals surface area contributed by atoms with E-state index in [1.165, 1.54) is 0 Å². The van der Waals surface area contributed by atoms with E-state index in [1.807, 2.05) is 42.3 Å². The van der Waals surface area contributed by atoms with Gasteiger partial charge < -0.3 is 14.6 Å². The molecule has 1 amide bonds. The van der Waals surface area contributed by atoms with E-state index >= 15 is 0 Å². The van der Waals surface area contributed by atoms with Crippen LogP contribution in [-0.2, 0) is 0 Å². The number of hydrogen-bond acceptors (Lipinski definition) is 4. The minimum atomic E-state index is -0.0938. The molecule has 2 heterocycles. The van der Waals surface area contributed by atoms with Crippen molar-refractivity contribution in [1.29, 1.82) is 0 Å². The maximum atomic E-state index is 13.2. The summed E-state index contributed by atoms with van der Waals surface area (Å²) in [5, 5.41) is 3.73. The quantitative estimate of drug-likeness (QED) is 0.705. The summed E-state index contributed by atoms with van der Waals surface area (Å²) in [4.78, 5) is 28.0. The van der Waals surface area contributed by atoms with Gasteiger partial charge in [-0.05, 0) is 38.9 Å². The third kappa shape index (κ3) is 3.93. The Morgan fingerprint density at radius 3 is 2.41 bits per heavy atom. The van der Waals surface area contributed by atoms with Crippen molar-refractivity contribution in [2.45, 2.75) is 25.8 Å². The van der Waals surface area contributed by atoms with E-state index in [4.69, 9.17) is 4.42 Å². The molecule has 0 aliphatic carbocycles. The molecule has 0 radical (unpaired) electrons. The molecule has 6 heteroatoms. The fourth-order valence-electron chi connectivity index (χ4n) is 3.88. The molecule has 0 saturated carbocycles. The summed E-state index contributed by atoms with van der Waals surface area (Å²) < 4.78 is 6.19. The molecule has 1 aromatic heterocycles. The number of amides is 1. The Hall–Kier alpha value is -2.63. The highest BCUT2D eigenvalue weighted by Gasteiger charge is 2.25. The molecule has 0 bridgehead atoms. The van der Waals surface area contributed by atoms with Crippen LogP contribution in [0.5, 0.6) is 0 Å². The maximum absolute atomic E-state index is 13.2. The number of benzene rings is 2. The van der Waals surface area contributed by atoms with Gasteiger partial charge in [-0.25, -0.2) is 0 Å². The Kier molecular flexibility index (Phi) is 6.40. The van der Waals surface area contributed by atoms with Gasteiger partial charge in [-0.2, -0.15) is 0 Å². The number of likely N-dealkylation sites (tertiary alicyclic amines) is 1. The first-order chi connectivity index (χ1) is 13.6. The summed E-state index contributed by atoms with van der Waals surface area (Å²) in [6.45, 7) is 3.16. The number of rotatable bonds is 3. The van der Waals surface area contributed by atoms with Crippen molar-refractivity contribution < 1.29 is 9.21 Å². The minimum Gasteiger partial charge on any atom is -0.455 e. The number of carbonyl (C=O) groups is 1. The van der Waals surface area contributed by atoms with Gasteiger partial charge in [-0.1, -0.05) is 36.4 Å². The monoisotopic (exact) mass is 412 g/mol. The van der Waals surface area contributed by atoms with Crippen molar-refractivity contribution in [1.82, 2.24) is 10.2 Å². The van der Waals surface area contributed by atoms with Gasteiger partial charge in [0.05, 0.1) is 10.9 Å². The second-order valence-corrected chi connectivity index (χ2v) is 7.29. The summed E-state index contributed by atoms with van der Waals surface area (Å²) in [5.74, 6) is 0.443. The molecule has 3 aromatic rings. The van der Waals surface area contributed by atoms with E-state index in [-0.39, 0.29) is 23.7 Å². The van der Waals surface area contributed by atoms with Crippen LogP contribution >= 0.6 is 12.4 Å². The molecular weight excluding hydrogens is 388 g/mol. The van der Waals surface area contributed by atoms with E-state index in [1.54, 1.807) is 25.1 Å². The standard InChI is InChI=1S/C23H24N2O3.ClH/c1-15-20(26)18-9-6-10-19(23(27)25-13-11-17(24-2)12-14-25)22(18)28-21(15)16-7-4-3-5-8-16;/h3-10,17,24H,11-14H2,1-2H3;1H. The van der Waals surface area contributed by atoms with E-state index in [2.05, 4.69) is 5.32 Å². The molecule has 5 nitrogen and oxygen atoms in total. The van der Waals surface area contributed by atoms with Crippen LogP contribution in [0.3, 0.4) is 0 Å². The van der Waals surface area contributed by atoms with Crippen LogP contribution in [0.2, 0.25) is 0 Å². The predicted molar refractivity (Wildman–Crippen MR) is 118 cm³/mol. The third-order valence-electron chi connectivity index (χ3n) is 5.60. The number of piperidine rings is 1. The highest BCUT2D eigenvalue weighted by molar-refractivity contribution is 6.05. The summed E-state index contributed by atoms with van der Waals surface area (Å²) in [6, 6.07) is 15.2. The van der Waals surface area contributed by atoms with Crippen LogP contribution in [0.1, 0.15) is 28.8 Å². The van der Waals surface area contributed by atoms with E-state index in [9.17, 15) is 9.59 Å². The highest BCUT2D eigenvalue weighted by atomic mass is 35.5. The molecule has 152 valence electrons. The highest BCUT2D eigenvalue weighted by Crippen LogP contribution is 2.28. The summed E-state index contributed by atoms with van der Waals surface area (Å²) in [6.07, 6.45) is 1.84. The van der Waals surface area contributed by atoms with Gasteiger partial charge in [0.15, 0.2) is 11.0 Å². The third-order valence-corrected chi connectivity index (χ3v) is 5.60. The molecule has 0 unspecified atom stereocenters. The van der Waals surface area contributed by atoms with Crippen LogP contribution in [0.25, 0.3) is 22.3 Å². The molecule has 0 atom stereocenters. The molecule has 4 rings (SSSR count). The van der Waals surface area contributed by atoms with E-state index in [0.29, 0.717) is 47.0 Å². The topological polar surface area (TPSA) is 62.6 Å². The second-order valence-electron chi connectivity index (χ2n) is 7.29. The van der Waals surface area contributed by atoms with E-state index < -0.39 is 0 Å². The fourth-order valence-corrected chi connectivity index (χ4v) is 3.88. The predicted octanol–water partition coefficient (Wildman–Crippen LogP) is 4.01. The lowest BCUT2D eigenvalue weighted by atomic mass is 10.0. The first kappa shape index (κ1) is 21.1. The average molecular weight is 413 g/mol. The van der Waals surface area contributed by atoms with Crippen molar-refractivity contribution >= 4 is 29.3 Å². The van der Waals surface area contributed by atoms with Crippen molar-refractivity contribution in [2.75, 3.05) is 20.1 Å². The van der Waals surface area contributed by atoms with Gasteiger partial charge in [0.25, 0.3) is 5.91 Å². The summed E-state index contributed by atoms with van der Waals surface area (Å²) >= 11 is 0. The van der Waals surface area contributed by atoms with Crippen molar-refractivity contribution in [3.63, 3.8) is 0 Å². The minimum absolute atomic E-state index is 0. The van der Waals surface area contributed by atoms with Crippen molar-refractivity contribution in [3.8, 4) is 11.3 Å². The SMILES string of the molecule is CNC1CCN(C(=O)c2cccc3c(=O)c(C)c(-c4ccccc4)oc23)CC1.Cl. The molecule has 1 saturated heterocycles. The smallest absolute Gasteiger partial charge is 0.257 e. The van der Waals surface area contributed by atoms with Gasteiger partial charge in [0, 0.05) is 30.3 Å². The lowest BCUT2D eigenvalue weighted by Crippen LogP contribution is -2.44. The zero-order valence-electron chi connectivity index (χ0n) is 16.6. The number of nitrogens with zero attached hydrogens (tertiary/aromatic N) is 1. The summed E-state index contributed by atoms with van der Waals surface area (Å²) in [5.41, 5.74) is 2.12. The summed E-state index contributed by atoms with van der Waals surface area (Å²) in [7, 11) is 1.95. The first-order valence-corrected chi connectivity index (χ1v) is 9.68. The number of para-hydroxylation sites is 1. The molecular formula is C23H25ClN2O3. The molecule has 2 aromatic carbocycles. The molecule has 1 aliphatic rings. The van der Waals surface area contributed by atoms with Crippen LogP contribution in [0.4, 0.5) is 0 Å². The number of carbonyl (C=O) groups excluding carboxylic acids is 1. The number of halogens is 1. The number of hydrogen-bond donors (Lipinski definition) is 1. The Balaban J connectivity index is 0.00000240. The van der Waals surface area contributed by atoms with Gasteiger partial charge in [-0.15, -0.1) is 12.4 Å². The maximum Gasteiger partial charge on any atom is 0.257 e. The molecule has 1 aliphatic heterocycles. The van der Waals surface area contributed by atoms with Crippen molar-refractivity contribution in [2.24, 2.45) is 0 Å². The zero-order chi connectivity index (χ0) is 19.7. The second kappa shape index (κ2) is 8.80. The number of nitrogens with one attached hydrogen (secondary N) is 1. The Morgan fingerprint density at radius 1 is 1.07 bits per heavy atom. The lowest BCUT2D eigenvalue weighted by Gasteiger charge is -2.32. The van der Waals surface area contributed by atoms with Crippen molar-refractivity contribution in [3.05, 3.63) is 69.9 Å². The largest absolute Gasteiger partial charge is 0.455 e. The molecule has 29 heavy (non-hydrogen) atoms. The lowest BCUT2D eigenvalue weighted by molar-refractivity contribution is 0.0708. The van der Waals surface area contributed by atoms with Gasteiger partial charge >= 0.3 is 0 Å². The normalized spacial score (nSPS) is 14.6.